The highest BCUT2D eigenvalue weighted by Crippen LogP contribution is 2.25. The summed E-state index contributed by atoms with van der Waals surface area (Å²) in [5.74, 6) is 1.39. The number of benzene rings is 2. The van der Waals surface area contributed by atoms with Gasteiger partial charge in [0.2, 0.25) is 5.89 Å². The average molecular weight is 219 g/mol. The molecule has 3 rings (SSSR count). The molecule has 2 radical (unpaired) electrons. The van der Waals surface area contributed by atoms with E-state index < -0.39 is 0 Å². The lowest BCUT2D eigenvalue weighted by Crippen LogP contribution is -1.74. The zero-order chi connectivity index (χ0) is 11.5. The molecule has 0 atom stereocenters. The van der Waals surface area contributed by atoms with Gasteiger partial charge in [-0.25, -0.2) is 4.98 Å². The van der Waals surface area contributed by atoms with Gasteiger partial charge in [-0.3, -0.25) is 0 Å². The first-order valence-electron chi connectivity index (χ1n) is 5.32. The fraction of sp³-hybridized carbons (Fsp3) is 0. The molecule has 0 bridgehead atoms. The molecule has 17 heavy (non-hydrogen) atoms. The van der Waals surface area contributed by atoms with Crippen LogP contribution in [0.3, 0.4) is 0 Å². The van der Waals surface area contributed by atoms with Gasteiger partial charge < -0.3 is 4.42 Å². The Bertz CT molecular complexity index is 545. The van der Waals surface area contributed by atoms with Gasteiger partial charge in [-0.05, 0) is 24.3 Å². The van der Waals surface area contributed by atoms with E-state index in [1.54, 1.807) is 6.20 Å². The van der Waals surface area contributed by atoms with Crippen molar-refractivity contribution in [1.29, 1.82) is 0 Å². The summed E-state index contributed by atoms with van der Waals surface area (Å²) < 4.78 is 5.72. The molecule has 0 aliphatic rings. The summed E-state index contributed by atoms with van der Waals surface area (Å²) in [6.07, 6.45) is 1.74. The smallest absolute Gasteiger partial charge is 0.226 e. The number of hydrogen-bond donors (Lipinski definition) is 0. The molecule has 0 spiro atoms. The van der Waals surface area contributed by atoms with Crippen LogP contribution in [0.1, 0.15) is 0 Å². The Morgan fingerprint density at radius 1 is 0.824 bits per heavy atom. The van der Waals surface area contributed by atoms with Crippen LogP contribution in [0.25, 0.3) is 22.8 Å². The molecule has 0 unspecified atom stereocenters. The predicted octanol–water partition coefficient (Wildman–Crippen LogP) is 3.61. The van der Waals surface area contributed by atoms with Crippen molar-refractivity contribution in [1.82, 2.24) is 4.98 Å². The van der Waals surface area contributed by atoms with Crippen molar-refractivity contribution in [2.45, 2.75) is 0 Å². The SMILES string of the molecule is [c]1ccc(-c2cnc(-c3cc[c]cc3)o2)cc1. The molecular formula is C15H9NO. The molecule has 2 heteroatoms. The van der Waals surface area contributed by atoms with E-state index in [0.29, 0.717) is 5.89 Å². The Kier molecular flexibility index (Phi) is 2.47. The zero-order valence-electron chi connectivity index (χ0n) is 9.05. The Hall–Kier alpha value is -2.35. The van der Waals surface area contributed by atoms with E-state index in [1.807, 2.05) is 48.5 Å². The number of oxazole rings is 1. The molecule has 0 saturated carbocycles. The third-order valence-electron chi connectivity index (χ3n) is 2.47. The Balaban J connectivity index is 1.99. The monoisotopic (exact) mass is 219 g/mol. The lowest BCUT2D eigenvalue weighted by molar-refractivity contribution is 0.589. The summed E-state index contributed by atoms with van der Waals surface area (Å²) >= 11 is 0. The van der Waals surface area contributed by atoms with Gasteiger partial charge in [0.05, 0.1) is 6.20 Å². The van der Waals surface area contributed by atoms with Gasteiger partial charge in [0.15, 0.2) is 5.76 Å². The summed E-state index contributed by atoms with van der Waals surface area (Å²) in [5, 5.41) is 0. The summed E-state index contributed by atoms with van der Waals surface area (Å²) in [4.78, 5) is 4.27. The zero-order valence-corrected chi connectivity index (χ0v) is 9.05. The van der Waals surface area contributed by atoms with E-state index in [2.05, 4.69) is 17.1 Å². The number of aromatic nitrogens is 1. The average Bonchev–Trinajstić information content (AvgIpc) is 2.90. The van der Waals surface area contributed by atoms with Crippen LogP contribution in [0, 0.1) is 12.1 Å². The van der Waals surface area contributed by atoms with E-state index >= 15 is 0 Å². The van der Waals surface area contributed by atoms with E-state index in [9.17, 15) is 0 Å². The van der Waals surface area contributed by atoms with Gasteiger partial charge in [-0.1, -0.05) is 36.4 Å². The van der Waals surface area contributed by atoms with Gasteiger partial charge in [0, 0.05) is 11.1 Å². The molecule has 80 valence electrons. The Morgan fingerprint density at radius 2 is 1.41 bits per heavy atom. The summed E-state index contributed by atoms with van der Waals surface area (Å²) in [5.41, 5.74) is 1.96. The maximum Gasteiger partial charge on any atom is 0.226 e. The topological polar surface area (TPSA) is 26.0 Å². The van der Waals surface area contributed by atoms with E-state index in [-0.39, 0.29) is 0 Å². The first kappa shape index (κ1) is 9.85. The van der Waals surface area contributed by atoms with Crippen LogP contribution in [-0.2, 0) is 0 Å². The number of hydrogen-bond acceptors (Lipinski definition) is 2. The molecule has 3 aromatic rings. The van der Waals surface area contributed by atoms with Crippen LogP contribution >= 0.6 is 0 Å². The van der Waals surface area contributed by atoms with E-state index in [1.165, 1.54) is 0 Å². The minimum atomic E-state index is 0.627. The van der Waals surface area contributed by atoms with Crippen LogP contribution in [0.2, 0.25) is 0 Å². The first-order valence-corrected chi connectivity index (χ1v) is 5.32. The third kappa shape index (κ3) is 1.97. The van der Waals surface area contributed by atoms with E-state index in [0.717, 1.165) is 16.9 Å². The van der Waals surface area contributed by atoms with Crippen LogP contribution in [0.4, 0.5) is 0 Å². The fourth-order valence-corrected chi connectivity index (χ4v) is 1.62. The second-order valence-electron chi connectivity index (χ2n) is 3.61. The fourth-order valence-electron chi connectivity index (χ4n) is 1.62. The van der Waals surface area contributed by atoms with Gasteiger partial charge in [0.25, 0.3) is 0 Å². The highest BCUT2D eigenvalue weighted by molar-refractivity contribution is 5.60. The van der Waals surface area contributed by atoms with Crippen LogP contribution in [-0.4, -0.2) is 4.98 Å². The molecule has 0 fully saturated rings. The Morgan fingerprint density at radius 3 is 2.06 bits per heavy atom. The number of rotatable bonds is 2. The lowest BCUT2D eigenvalue weighted by Gasteiger charge is -1.95. The second-order valence-corrected chi connectivity index (χ2v) is 3.61. The molecule has 0 aliphatic carbocycles. The normalized spacial score (nSPS) is 10.4. The Labute approximate surface area is 99.6 Å². The minimum absolute atomic E-state index is 0.627. The molecule has 0 aliphatic heterocycles. The van der Waals surface area contributed by atoms with Crippen molar-refractivity contribution >= 4 is 0 Å². The second kappa shape index (κ2) is 4.26. The van der Waals surface area contributed by atoms with Crippen LogP contribution in [0.15, 0.2) is 59.1 Å². The largest absolute Gasteiger partial charge is 0.436 e. The maximum absolute atomic E-state index is 5.72. The molecular weight excluding hydrogens is 210 g/mol. The van der Waals surface area contributed by atoms with Gasteiger partial charge in [0.1, 0.15) is 0 Å². The summed E-state index contributed by atoms with van der Waals surface area (Å²) in [6.45, 7) is 0. The molecule has 1 aromatic heterocycles. The molecule has 0 amide bonds. The van der Waals surface area contributed by atoms with Crippen LogP contribution in [0.5, 0.6) is 0 Å². The summed E-state index contributed by atoms with van der Waals surface area (Å²) in [7, 11) is 0. The van der Waals surface area contributed by atoms with Crippen molar-refractivity contribution in [2.75, 3.05) is 0 Å². The molecule has 1 heterocycles. The molecule has 2 nitrogen and oxygen atoms in total. The van der Waals surface area contributed by atoms with Crippen molar-refractivity contribution in [3.05, 3.63) is 66.9 Å². The van der Waals surface area contributed by atoms with Crippen molar-refractivity contribution in [3.63, 3.8) is 0 Å². The lowest BCUT2D eigenvalue weighted by atomic mass is 10.2. The standard InChI is InChI=1S/C15H9NO/c1-3-7-12(8-4-1)14-11-16-15(17-14)13-9-5-2-6-10-13/h3-11H. The number of nitrogens with zero attached hydrogens (tertiary/aromatic N) is 1. The van der Waals surface area contributed by atoms with E-state index in [4.69, 9.17) is 4.42 Å². The molecule has 2 aromatic carbocycles. The third-order valence-corrected chi connectivity index (χ3v) is 2.47. The van der Waals surface area contributed by atoms with Gasteiger partial charge in [-0.15, -0.1) is 0 Å². The highest BCUT2D eigenvalue weighted by atomic mass is 16.4. The molecule has 0 saturated heterocycles. The summed E-state index contributed by atoms with van der Waals surface area (Å²) in [6, 6.07) is 21.1. The van der Waals surface area contributed by atoms with Crippen LogP contribution < -0.4 is 0 Å². The predicted molar refractivity (Wildman–Crippen MR) is 65.0 cm³/mol. The van der Waals surface area contributed by atoms with Gasteiger partial charge in [-0.2, -0.15) is 0 Å². The van der Waals surface area contributed by atoms with Crippen molar-refractivity contribution in [3.8, 4) is 22.8 Å². The van der Waals surface area contributed by atoms with Crippen molar-refractivity contribution < 1.29 is 4.42 Å². The van der Waals surface area contributed by atoms with Crippen molar-refractivity contribution in [2.24, 2.45) is 0 Å². The highest BCUT2D eigenvalue weighted by Gasteiger charge is 2.07. The first-order chi connectivity index (χ1) is 8.43. The molecule has 0 N–H and O–H groups in total. The maximum atomic E-state index is 5.72. The quantitative estimate of drug-likeness (QED) is 0.658. The van der Waals surface area contributed by atoms with Gasteiger partial charge >= 0.3 is 0 Å². The minimum Gasteiger partial charge on any atom is -0.436 e.